The van der Waals surface area contributed by atoms with Gasteiger partial charge in [0.2, 0.25) is 11.8 Å². The summed E-state index contributed by atoms with van der Waals surface area (Å²) in [6.07, 6.45) is 0. The van der Waals surface area contributed by atoms with Crippen molar-refractivity contribution >= 4 is 35.0 Å². The van der Waals surface area contributed by atoms with Crippen molar-refractivity contribution in [3.05, 3.63) is 54.1 Å². The molecule has 0 saturated heterocycles. The van der Waals surface area contributed by atoms with E-state index in [0.717, 1.165) is 17.0 Å². The smallest absolute Gasteiger partial charge is 0.244 e. The first-order chi connectivity index (χ1) is 11.0. The number of nitrogens with one attached hydrogen (secondary N) is 1. The first kappa shape index (κ1) is 15.5. The number of carbonyl (C=O) groups excluding carboxylic acids is 2. The van der Waals surface area contributed by atoms with E-state index < -0.39 is 17.5 Å². The van der Waals surface area contributed by atoms with E-state index in [0.29, 0.717) is 11.8 Å². The summed E-state index contributed by atoms with van der Waals surface area (Å²) >= 11 is 1.41. The van der Waals surface area contributed by atoms with Crippen molar-refractivity contribution in [3.63, 3.8) is 0 Å². The molecule has 0 spiro atoms. The van der Waals surface area contributed by atoms with Gasteiger partial charge in [-0.3, -0.25) is 9.59 Å². The van der Waals surface area contributed by atoms with Gasteiger partial charge in [0.05, 0.1) is 17.1 Å². The molecular formula is C16H12F2N2O2S. The van der Waals surface area contributed by atoms with E-state index in [4.69, 9.17) is 0 Å². The van der Waals surface area contributed by atoms with Gasteiger partial charge in [0.1, 0.15) is 18.2 Å². The summed E-state index contributed by atoms with van der Waals surface area (Å²) in [5.41, 5.74) is 0.534. The molecule has 2 aromatic rings. The zero-order chi connectivity index (χ0) is 16.4. The molecule has 0 atom stereocenters. The van der Waals surface area contributed by atoms with Crippen molar-refractivity contribution in [3.8, 4) is 0 Å². The number of carbonyl (C=O) groups is 2. The minimum absolute atomic E-state index is 0.122. The van der Waals surface area contributed by atoms with Crippen LogP contribution < -0.4 is 10.2 Å². The van der Waals surface area contributed by atoms with E-state index in [-0.39, 0.29) is 23.9 Å². The number of hydrogen-bond donors (Lipinski definition) is 1. The Morgan fingerprint density at radius 1 is 1.22 bits per heavy atom. The Morgan fingerprint density at radius 2 is 2.00 bits per heavy atom. The monoisotopic (exact) mass is 334 g/mol. The van der Waals surface area contributed by atoms with Crippen molar-refractivity contribution in [1.82, 2.24) is 0 Å². The number of halogens is 2. The maximum absolute atomic E-state index is 13.6. The van der Waals surface area contributed by atoms with E-state index in [1.165, 1.54) is 16.7 Å². The molecule has 0 fully saturated rings. The number of amides is 2. The summed E-state index contributed by atoms with van der Waals surface area (Å²) in [5.74, 6) is -2.08. The minimum Gasteiger partial charge on any atom is -0.322 e. The highest BCUT2D eigenvalue weighted by molar-refractivity contribution is 8.00. The molecule has 1 aliphatic heterocycles. The predicted octanol–water partition coefficient (Wildman–Crippen LogP) is 3.04. The topological polar surface area (TPSA) is 49.4 Å². The summed E-state index contributed by atoms with van der Waals surface area (Å²) < 4.78 is 26.4. The molecule has 1 aliphatic rings. The first-order valence-corrected chi connectivity index (χ1v) is 7.80. The fourth-order valence-electron chi connectivity index (χ4n) is 2.25. The third-order valence-corrected chi connectivity index (χ3v) is 4.36. The summed E-state index contributed by atoms with van der Waals surface area (Å²) in [4.78, 5) is 26.4. The third-order valence-electron chi connectivity index (χ3n) is 3.32. The van der Waals surface area contributed by atoms with Gasteiger partial charge >= 0.3 is 0 Å². The van der Waals surface area contributed by atoms with Crippen LogP contribution in [0.2, 0.25) is 0 Å². The van der Waals surface area contributed by atoms with Crippen molar-refractivity contribution in [2.24, 2.45) is 0 Å². The fraction of sp³-hybridized carbons (Fsp3) is 0.125. The predicted molar refractivity (Wildman–Crippen MR) is 84.5 cm³/mol. The van der Waals surface area contributed by atoms with Crippen LogP contribution in [-0.4, -0.2) is 24.1 Å². The van der Waals surface area contributed by atoms with Crippen LogP contribution in [0.15, 0.2) is 47.4 Å². The molecule has 0 aliphatic carbocycles. The average Bonchev–Trinajstić information content (AvgIpc) is 2.53. The van der Waals surface area contributed by atoms with E-state index in [2.05, 4.69) is 5.32 Å². The van der Waals surface area contributed by atoms with E-state index in [1.54, 1.807) is 12.1 Å². The molecular weight excluding hydrogens is 322 g/mol. The Morgan fingerprint density at radius 3 is 2.78 bits per heavy atom. The Bertz CT molecular complexity index is 782. The van der Waals surface area contributed by atoms with Gasteiger partial charge in [-0.15, -0.1) is 11.8 Å². The maximum atomic E-state index is 13.6. The van der Waals surface area contributed by atoms with E-state index in [9.17, 15) is 18.4 Å². The van der Waals surface area contributed by atoms with Crippen LogP contribution in [0.1, 0.15) is 0 Å². The lowest BCUT2D eigenvalue weighted by atomic mass is 10.2. The Hall–Kier alpha value is -2.41. The molecule has 23 heavy (non-hydrogen) atoms. The van der Waals surface area contributed by atoms with E-state index >= 15 is 0 Å². The fourth-order valence-corrected chi connectivity index (χ4v) is 3.19. The summed E-state index contributed by atoms with van der Waals surface area (Å²) in [6.45, 7) is -0.229. The lowest BCUT2D eigenvalue weighted by Gasteiger charge is -2.28. The molecule has 2 amide bonds. The Balaban J connectivity index is 1.76. The lowest BCUT2D eigenvalue weighted by Crippen LogP contribution is -2.41. The van der Waals surface area contributed by atoms with Crippen LogP contribution in [0, 0.1) is 11.6 Å². The second-order valence-corrected chi connectivity index (χ2v) is 5.93. The second kappa shape index (κ2) is 6.37. The minimum atomic E-state index is -0.862. The number of benzene rings is 2. The summed E-state index contributed by atoms with van der Waals surface area (Å²) in [7, 11) is 0. The molecule has 0 unspecified atom stereocenters. The molecule has 118 valence electrons. The quantitative estimate of drug-likeness (QED) is 0.939. The number of nitrogens with zero attached hydrogens (tertiary/aromatic N) is 1. The number of anilines is 2. The lowest BCUT2D eigenvalue weighted by molar-refractivity contribution is -0.120. The molecule has 1 N–H and O–H groups in total. The van der Waals surface area contributed by atoms with Gasteiger partial charge in [0.25, 0.3) is 0 Å². The number of fused-ring (bicyclic) bond motifs is 1. The zero-order valence-electron chi connectivity index (χ0n) is 11.9. The average molecular weight is 334 g/mol. The molecule has 7 heteroatoms. The maximum Gasteiger partial charge on any atom is 0.244 e. The number of hydrogen-bond acceptors (Lipinski definition) is 3. The Labute approximate surface area is 135 Å². The third kappa shape index (κ3) is 3.34. The number of para-hydroxylation sites is 1. The molecule has 0 radical (unpaired) electrons. The molecule has 3 rings (SSSR count). The van der Waals surface area contributed by atoms with Gasteiger partial charge < -0.3 is 10.2 Å². The zero-order valence-corrected chi connectivity index (χ0v) is 12.7. The van der Waals surface area contributed by atoms with Crippen molar-refractivity contribution in [1.29, 1.82) is 0 Å². The molecule has 1 heterocycles. The number of thioether (sulfide) groups is 1. The summed E-state index contributed by atoms with van der Waals surface area (Å²) in [5, 5.41) is 2.35. The highest BCUT2D eigenvalue weighted by Gasteiger charge is 2.26. The van der Waals surface area contributed by atoms with Crippen LogP contribution in [-0.2, 0) is 9.59 Å². The van der Waals surface area contributed by atoms with Gasteiger partial charge in [-0.2, -0.15) is 0 Å². The van der Waals surface area contributed by atoms with Gasteiger partial charge in [0, 0.05) is 11.0 Å². The Kier molecular flexibility index (Phi) is 4.29. The molecule has 0 bridgehead atoms. The first-order valence-electron chi connectivity index (χ1n) is 6.81. The summed E-state index contributed by atoms with van der Waals surface area (Å²) in [6, 6.07) is 10.1. The van der Waals surface area contributed by atoms with Crippen LogP contribution in [0.5, 0.6) is 0 Å². The highest BCUT2D eigenvalue weighted by atomic mass is 32.2. The molecule has 0 saturated carbocycles. The van der Waals surface area contributed by atoms with Crippen molar-refractivity contribution in [2.75, 3.05) is 22.5 Å². The standard InChI is InChI=1S/C16H12F2N2O2S/c17-10-5-6-12(11(18)7-10)19-15(21)8-20-13-3-1-2-4-14(13)23-9-16(20)22/h1-7H,8-9H2,(H,19,21). The van der Waals surface area contributed by atoms with Crippen LogP contribution in [0.25, 0.3) is 0 Å². The number of rotatable bonds is 3. The van der Waals surface area contributed by atoms with Crippen LogP contribution in [0.4, 0.5) is 20.2 Å². The molecule has 0 aromatic heterocycles. The van der Waals surface area contributed by atoms with Crippen LogP contribution >= 0.6 is 11.8 Å². The van der Waals surface area contributed by atoms with E-state index in [1.807, 2.05) is 12.1 Å². The second-order valence-electron chi connectivity index (χ2n) is 4.91. The molecule has 4 nitrogen and oxygen atoms in total. The molecule has 2 aromatic carbocycles. The van der Waals surface area contributed by atoms with Gasteiger partial charge in [-0.05, 0) is 24.3 Å². The highest BCUT2D eigenvalue weighted by Crippen LogP contribution is 2.34. The van der Waals surface area contributed by atoms with Crippen LogP contribution in [0.3, 0.4) is 0 Å². The van der Waals surface area contributed by atoms with Gasteiger partial charge in [-0.1, -0.05) is 12.1 Å². The largest absolute Gasteiger partial charge is 0.322 e. The van der Waals surface area contributed by atoms with Crippen molar-refractivity contribution < 1.29 is 18.4 Å². The SMILES string of the molecule is O=C(CN1C(=O)CSc2ccccc21)Nc1ccc(F)cc1F. The van der Waals surface area contributed by atoms with Crippen molar-refractivity contribution in [2.45, 2.75) is 4.90 Å². The van der Waals surface area contributed by atoms with Gasteiger partial charge in [0.15, 0.2) is 0 Å². The normalized spacial score (nSPS) is 13.7. The van der Waals surface area contributed by atoms with Gasteiger partial charge in [-0.25, -0.2) is 8.78 Å².